The monoisotopic (exact) mass is 1130 g/mol. The summed E-state index contributed by atoms with van der Waals surface area (Å²) in [6.07, 6.45) is -5.61. The van der Waals surface area contributed by atoms with Crippen molar-refractivity contribution in [2.24, 2.45) is 17.8 Å². The predicted molar refractivity (Wildman–Crippen MR) is 304 cm³/mol. The van der Waals surface area contributed by atoms with Gasteiger partial charge in [0, 0.05) is 38.3 Å². The van der Waals surface area contributed by atoms with Gasteiger partial charge in [-0.05, 0) is 130 Å². The molecule has 8 aromatic rings. The highest BCUT2D eigenvalue weighted by Crippen LogP contribution is 2.54. The third kappa shape index (κ3) is 12.9. The fourth-order valence-corrected chi connectivity index (χ4v) is 13.6. The molecule has 10 rings (SSSR count). The number of hydrogen-bond donors (Lipinski definition) is 4. The molecule has 0 spiro atoms. The van der Waals surface area contributed by atoms with Crippen LogP contribution in [-0.2, 0) is 35.5 Å². The number of hydrogen-bond acceptors (Lipinski definition) is 8. The SMILES string of the molecule is CC[C@@H]1[C@@H](C)[C@H](OCc2ccccc2)[C@@H](OCc2ccccc2)[C@H](c2ccc(C)c(Cc3ccc(-c4ccc(F)cc4)s3)c2)C1(F)F.Cc1ccc([C@H]2[C@H](O)[C@@H](O)[C@H](O)[C@@H](CO)C2(F)F)cc1Cc1ccc(-c2ccc(F)cc2)s1. The Bertz CT molecular complexity index is 3280. The third-order valence-electron chi connectivity index (χ3n) is 16.1. The van der Waals surface area contributed by atoms with E-state index in [2.05, 4.69) is 6.07 Å². The molecule has 2 aliphatic rings. The van der Waals surface area contributed by atoms with E-state index in [1.165, 1.54) is 41.7 Å². The van der Waals surface area contributed by atoms with E-state index in [9.17, 15) is 29.2 Å². The molecule has 2 fully saturated rings. The lowest BCUT2D eigenvalue weighted by Gasteiger charge is -2.50. The normalized spacial score (nSPS) is 24.2. The van der Waals surface area contributed by atoms with Gasteiger partial charge in [0.05, 0.1) is 62.0 Å². The van der Waals surface area contributed by atoms with Crippen molar-refractivity contribution in [2.75, 3.05) is 6.61 Å². The first-order valence-corrected chi connectivity index (χ1v) is 28.6. The second-order valence-electron chi connectivity index (χ2n) is 21.2. The first kappa shape index (κ1) is 58.7. The summed E-state index contributed by atoms with van der Waals surface area (Å²) >= 11 is 3.15. The molecule has 0 saturated heterocycles. The van der Waals surface area contributed by atoms with Gasteiger partial charge in [0.25, 0.3) is 11.8 Å². The summed E-state index contributed by atoms with van der Waals surface area (Å²) in [6, 6.07) is 50.7. The highest BCUT2D eigenvalue weighted by Gasteiger charge is 2.62. The van der Waals surface area contributed by atoms with Crippen molar-refractivity contribution < 1.29 is 56.2 Å². The maximum atomic E-state index is 16.9. The molecule has 6 aromatic carbocycles. The minimum absolute atomic E-state index is 0.132. The summed E-state index contributed by atoms with van der Waals surface area (Å²) in [5, 5.41) is 39.9. The Morgan fingerprint density at radius 3 is 1.39 bits per heavy atom. The first-order valence-electron chi connectivity index (χ1n) is 27.0. The van der Waals surface area contributed by atoms with Crippen LogP contribution >= 0.6 is 22.7 Å². The smallest absolute Gasteiger partial charge is 0.264 e. The number of alkyl halides is 4. The van der Waals surface area contributed by atoms with E-state index in [-0.39, 0.29) is 23.8 Å². The second-order valence-corrected chi connectivity index (χ2v) is 23.6. The number of thiophene rings is 2. The van der Waals surface area contributed by atoms with E-state index >= 15 is 17.6 Å². The van der Waals surface area contributed by atoms with Gasteiger partial charge in [-0.2, -0.15) is 0 Å². The molecule has 14 heteroatoms. The molecule has 6 nitrogen and oxygen atoms in total. The molecule has 2 saturated carbocycles. The Labute approximate surface area is 472 Å². The van der Waals surface area contributed by atoms with E-state index in [1.807, 2.05) is 125 Å². The molecule has 0 unspecified atom stereocenters. The van der Waals surface area contributed by atoms with Gasteiger partial charge < -0.3 is 29.9 Å². The van der Waals surface area contributed by atoms with Gasteiger partial charge in [0.15, 0.2) is 0 Å². The summed E-state index contributed by atoms with van der Waals surface area (Å²) in [5.41, 5.74) is 8.17. The van der Waals surface area contributed by atoms with Crippen molar-refractivity contribution in [1.82, 2.24) is 0 Å². The van der Waals surface area contributed by atoms with Crippen LogP contribution in [0.3, 0.4) is 0 Å². The van der Waals surface area contributed by atoms with Crippen LogP contribution in [0.5, 0.6) is 0 Å². The summed E-state index contributed by atoms with van der Waals surface area (Å²) < 4.78 is 104. The first-order chi connectivity index (χ1) is 38.4. The number of rotatable bonds is 16. The number of benzene rings is 6. The van der Waals surface area contributed by atoms with Crippen molar-refractivity contribution in [3.63, 3.8) is 0 Å². The zero-order chi connectivity index (χ0) is 56.9. The molecule has 80 heavy (non-hydrogen) atoms. The third-order valence-corrected chi connectivity index (χ3v) is 18.3. The van der Waals surface area contributed by atoms with Gasteiger partial charge in [-0.3, -0.25) is 0 Å². The number of halogens is 6. The van der Waals surface area contributed by atoms with Gasteiger partial charge in [-0.25, -0.2) is 26.3 Å². The summed E-state index contributed by atoms with van der Waals surface area (Å²) in [7, 11) is 0. The van der Waals surface area contributed by atoms with Crippen LogP contribution in [0.1, 0.15) is 86.4 Å². The molecule has 2 aliphatic carbocycles. The summed E-state index contributed by atoms with van der Waals surface area (Å²) in [5.74, 6) is -13.4. The van der Waals surface area contributed by atoms with E-state index in [0.717, 1.165) is 64.0 Å². The molecule has 0 bridgehead atoms. The average Bonchev–Trinajstić information content (AvgIpc) is 4.22. The summed E-state index contributed by atoms with van der Waals surface area (Å²) in [4.78, 5) is 4.09. The Balaban J connectivity index is 0.000000206. The van der Waals surface area contributed by atoms with E-state index in [1.54, 1.807) is 47.7 Å². The Morgan fingerprint density at radius 2 is 0.938 bits per heavy atom. The van der Waals surface area contributed by atoms with Gasteiger partial charge in [-0.15, -0.1) is 22.7 Å². The van der Waals surface area contributed by atoms with E-state index in [4.69, 9.17) is 9.47 Å². The highest BCUT2D eigenvalue weighted by atomic mass is 32.1. The molecule has 0 amide bonds. The molecule has 0 aliphatic heterocycles. The molecule has 4 N–H and O–H groups in total. The minimum atomic E-state index is -3.63. The van der Waals surface area contributed by atoms with Gasteiger partial charge in [0.2, 0.25) is 0 Å². The molecule has 10 atom stereocenters. The molecule has 2 heterocycles. The van der Waals surface area contributed by atoms with Crippen molar-refractivity contribution in [3.8, 4) is 20.9 Å². The van der Waals surface area contributed by atoms with E-state index < -0.39 is 78.6 Å². The highest BCUT2D eigenvalue weighted by molar-refractivity contribution is 7.15. The molecule has 0 radical (unpaired) electrons. The van der Waals surface area contributed by atoms with E-state index in [0.29, 0.717) is 31.4 Å². The maximum Gasteiger partial charge on any atom is 0.264 e. The van der Waals surface area contributed by atoms with Crippen LogP contribution in [0.15, 0.2) is 170 Å². The quantitative estimate of drug-likeness (QED) is 0.0720. The molecule has 420 valence electrons. The fraction of sp³-hybridized carbons (Fsp3) is 0.333. The van der Waals surface area contributed by atoms with Crippen LogP contribution in [0, 0.1) is 43.2 Å². The Hall–Kier alpha value is -5.94. The lowest BCUT2D eigenvalue weighted by molar-refractivity contribution is -0.232. The largest absolute Gasteiger partial charge is 0.396 e. The Morgan fingerprint density at radius 1 is 0.500 bits per heavy atom. The maximum absolute atomic E-state index is 16.9. The van der Waals surface area contributed by atoms with Crippen molar-refractivity contribution in [2.45, 2.75) is 114 Å². The van der Waals surface area contributed by atoms with Crippen molar-refractivity contribution in [1.29, 1.82) is 0 Å². The van der Waals surface area contributed by atoms with Crippen LogP contribution in [-0.4, -0.2) is 69.4 Å². The standard InChI is InChI=1S/C41H41F3O2S.C25H25F3O4S/c1-4-36-28(3)39(45-25-29-11-7-5-8-12-29)40(46-26-30-13-9-6-10-14-30)38(41(36,43)44)32-16-15-27(2)33(23-32)24-35-21-22-37(47-35)31-17-19-34(42)20-18-31;1-13-2-3-15(21-23(31)24(32)22(30)19(12-29)25(21,27)28)10-16(13)11-18-8-9-20(33-18)14-4-6-17(26)7-5-14/h5-23,28,36,38-40H,4,24-26H2,1-3H3;2-10,19,21-24,29-32H,11-12H2,1H3/t28-,36-,38+,39+,40+;19-,21+,22-,23+,24+/m11/s1. The van der Waals surface area contributed by atoms with Crippen LogP contribution in [0.25, 0.3) is 20.9 Å². The van der Waals surface area contributed by atoms with Crippen molar-refractivity contribution >= 4 is 22.7 Å². The number of aryl methyl sites for hydroxylation is 2. The summed E-state index contributed by atoms with van der Waals surface area (Å²) in [6.45, 7) is 7.15. The fourth-order valence-electron chi connectivity index (χ4n) is 11.5. The molecular formula is C66H66F6O6S2. The number of aliphatic hydroxyl groups excluding tert-OH is 4. The lowest BCUT2D eigenvalue weighted by Crippen LogP contribution is -2.61. The number of ether oxygens (including phenoxy) is 2. The number of aliphatic hydroxyl groups is 4. The zero-order valence-electron chi connectivity index (χ0n) is 44.9. The van der Waals surface area contributed by atoms with Crippen molar-refractivity contribution in [3.05, 3.63) is 236 Å². The van der Waals surface area contributed by atoms with Crippen LogP contribution in [0.4, 0.5) is 26.3 Å². The van der Waals surface area contributed by atoms with Gasteiger partial charge in [0.1, 0.15) is 17.7 Å². The van der Waals surface area contributed by atoms with Gasteiger partial charge >= 0.3 is 0 Å². The average molecular weight is 1130 g/mol. The van der Waals surface area contributed by atoms with Crippen LogP contribution in [0.2, 0.25) is 0 Å². The molecular weight excluding hydrogens is 1070 g/mol. The Kier molecular flexibility index (Phi) is 18.7. The van der Waals surface area contributed by atoms with Gasteiger partial charge in [-0.1, -0.05) is 135 Å². The predicted octanol–water partition coefficient (Wildman–Crippen LogP) is 14.9. The second kappa shape index (κ2) is 25.5. The van der Waals surface area contributed by atoms with Crippen LogP contribution < -0.4 is 0 Å². The lowest BCUT2D eigenvalue weighted by atomic mass is 9.65. The topological polar surface area (TPSA) is 99.4 Å². The molecule has 2 aromatic heterocycles. The zero-order valence-corrected chi connectivity index (χ0v) is 46.5. The minimum Gasteiger partial charge on any atom is -0.396 e.